The molecule has 0 saturated heterocycles. The summed E-state index contributed by atoms with van der Waals surface area (Å²) >= 11 is 0. The largest absolute Gasteiger partial charge is 0.378 e. The highest BCUT2D eigenvalue weighted by molar-refractivity contribution is 5.95. The van der Waals surface area contributed by atoms with Crippen LogP contribution in [0.2, 0.25) is 0 Å². The van der Waals surface area contributed by atoms with Gasteiger partial charge in [0.1, 0.15) is 5.69 Å². The van der Waals surface area contributed by atoms with Crippen molar-refractivity contribution in [3.63, 3.8) is 0 Å². The maximum absolute atomic E-state index is 11.7. The van der Waals surface area contributed by atoms with Crippen molar-refractivity contribution in [1.82, 2.24) is 4.90 Å². The summed E-state index contributed by atoms with van der Waals surface area (Å²) in [6.45, 7) is 0.803. The molecule has 1 rings (SSSR count). The van der Waals surface area contributed by atoms with E-state index in [9.17, 15) is 14.9 Å². The Morgan fingerprint density at radius 3 is 2.67 bits per heavy atom. The Labute approximate surface area is 105 Å². The van der Waals surface area contributed by atoms with Crippen molar-refractivity contribution in [2.75, 3.05) is 32.5 Å². The molecule has 0 unspecified atom stereocenters. The van der Waals surface area contributed by atoms with Crippen molar-refractivity contribution >= 4 is 17.3 Å². The zero-order valence-electron chi connectivity index (χ0n) is 10.3. The van der Waals surface area contributed by atoms with E-state index in [4.69, 9.17) is 5.73 Å². The van der Waals surface area contributed by atoms with Gasteiger partial charge in [-0.1, -0.05) is 0 Å². The Kier molecular flexibility index (Phi) is 4.61. The van der Waals surface area contributed by atoms with Gasteiger partial charge in [-0.25, -0.2) is 0 Å². The number of nitrogens with zero attached hydrogens (tertiary/aromatic N) is 2. The third-order valence-electron chi connectivity index (χ3n) is 2.31. The summed E-state index contributed by atoms with van der Waals surface area (Å²) in [7, 11) is 3.18. The average molecular weight is 252 g/mol. The normalized spacial score (nSPS) is 9.94. The molecule has 0 aromatic heterocycles. The molecule has 3 N–H and O–H groups in total. The molecule has 18 heavy (non-hydrogen) atoms. The van der Waals surface area contributed by atoms with Crippen LogP contribution >= 0.6 is 0 Å². The number of nitro benzene ring substituents is 1. The number of carbonyl (C=O) groups excluding carboxylic acids is 1. The number of benzene rings is 1. The fraction of sp³-hybridized carbons (Fsp3) is 0.364. The van der Waals surface area contributed by atoms with Gasteiger partial charge in [-0.05, 0) is 12.1 Å². The van der Waals surface area contributed by atoms with E-state index in [1.165, 1.54) is 17.0 Å². The second-order valence-electron chi connectivity index (χ2n) is 3.90. The number of nitro groups is 1. The molecule has 98 valence electrons. The maximum Gasteiger partial charge on any atom is 0.293 e. The number of hydrogen-bond acceptors (Lipinski definition) is 5. The van der Waals surface area contributed by atoms with E-state index in [2.05, 4.69) is 5.32 Å². The van der Waals surface area contributed by atoms with Crippen LogP contribution in [0.3, 0.4) is 0 Å². The lowest BCUT2D eigenvalue weighted by atomic mass is 10.1. The standard InChI is InChI=1S/C11H16N4O3/c1-14(2)11(16)8-3-4-9(13-6-5-12)10(7-8)15(17)18/h3-4,7,13H,5-6,12H2,1-2H3. The van der Waals surface area contributed by atoms with E-state index in [1.54, 1.807) is 20.2 Å². The monoisotopic (exact) mass is 252 g/mol. The minimum absolute atomic E-state index is 0.129. The fourth-order valence-electron chi connectivity index (χ4n) is 1.43. The molecule has 0 aliphatic rings. The van der Waals surface area contributed by atoms with Gasteiger partial charge in [0.25, 0.3) is 11.6 Å². The first kappa shape index (κ1) is 13.9. The van der Waals surface area contributed by atoms with E-state index in [0.29, 0.717) is 18.8 Å². The molecule has 1 amide bonds. The van der Waals surface area contributed by atoms with Gasteiger partial charge < -0.3 is 16.0 Å². The molecule has 0 atom stereocenters. The molecular formula is C11H16N4O3. The van der Waals surface area contributed by atoms with Gasteiger partial charge >= 0.3 is 0 Å². The summed E-state index contributed by atoms with van der Waals surface area (Å²) in [5.74, 6) is -0.275. The maximum atomic E-state index is 11.7. The summed E-state index contributed by atoms with van der Waals surface area (Å²) in [6, 6.07) is 4.33. The summed E-state index contributed by atoms with van der Waals surface area (Å²) in [4.78, 5) is 23.5. The number of nitrogens with two attached hydrogens (primary N) is 1. The van der Waals surface area contributed by atoms with Gasteiger partial charge in [0, 0.05) is 38.8 Å². The second-order valence-corrected chi connectivity index (χ2v) is 3.90. The predicted octanol–water partition coefficient (Wildman–Crippen LogP) is 0.667. The molecule has 0 bridgehead atoms. The molecule has 7 nitrogen and oxygen atoms in total. The number of carbonyl (C=O) groups is 1. The lowest BCUT2D eigenvalue weighted by Crippen LogP contribution is -2.22. The van der Waals surface area contributed by atoms with Crippen molar-refractivity contribution in [3.8, 4) is 0 Å². The third-order valence-corrected chi connectivity index (χ3v) is 2.31. The molecule has 0 fully saturated rings. The van der Waals surface area contributed by atoms with Crippen molar-refractivity contribution in [2.24, 2.45) is 5.73 Å². The van der Waals surface area contributed by atoms with E-state index in [0.717, 1.165) is 0 Å². The molecular weight excluding hydrogens is 236 g/mol. The third kappa shape index (κ3) is 3.17. The van der Waals surface area contributed by atoms with Crippen LogP contribution in [0.15, 0.2) is 18.2 Å². The molecule has 1 aromatic rings. The van der Waals surface area contributed by atoms with E-state index in [-0.39, 0.29) is 17.2 Å². The van der Waals surface area contributed by atoms with Gasteiger partial charge in [0.05, 0.1) is 4.92 Å². The molecule has 0 spiro atoms. The van der Waals surface area contributed by atoms with Crippen LogP contribution in [0.25, 0.3) is 0 Å². The van der Waals surface area contributed by atoms with E-state index in [1.807, 2.05) is 0 Å². The fourth-order valence-corrected chi connectivity index (χ4v) is 1.43. The van der Waals surface area contributed by atoms with Crippen molar-refractivity contribution in [1.29, 1.82) is 0 Å². The first-order valence-corrected chi connectivity index (χ1v) is 5.41. The molecule has 0 radical (unpaired) electrons. The van der Waals surface area contributed by atoms with Crippen LogP contribution in [0, 0.1) is 10.1 Å². The highest BCUT2D eigenvalue weighted by Crippen LogP contribution is 2.25. The van der Waals surface area contributed by atoms with Crippen LogP contribution in [0.4, 0.5) is 11.4 Å². The smallest absolute Gasteiger partial charge is 0.293 e. The van der Waals surface area contributed by atoms with Crippen molar-refractivity contribution < 1.29 is 9.72 Å². The summed E-state index contributed by atoms with van der Waals surface area (Å²) < 4.78 is 0. The average Bonchev–Trinajstić information content (AvgIpc) is 2.34. The lowest BCUT2D eigenvalue weighted by molar-refractivity contribution is -0.384. The summed E-state index contributed by atoms with van der Waals surface area (Å²) in [6.07, 6.45) is 0. The van der Waals surface area contributed by atoms with Crippen molar-refractivity contribution in [3.05, 3.63) is 33.9 Å². The second kappa shape index (κ2) is 5.97. The van der Waals surface area contributed by atoms with Gasteiger partial charge in [-0.2, -0.15) is 0 Å². The number of rotatable bonds is 5. The van der Waals surface area contributed by atoms with Gasteiger partial charge in [0.2, 0.25) is 0 Å². The Morgan fingerprint density at radius 1 is 1.50 bits per heavy atom. The Morgan fingerprint density at radius 2 is 2.17 bits per heavy atom. The summed E-state index contributed by atoms with van der Waals surface area (Å²) in [5.41, 5.74) is 5.84. The quantitative estimate of drug-likeness (QED) is 0.592. The predicted molar refractivity (Wildman–Crippen MR) is 68.7 cm³/mol. The highest BCUT2D eigenvalue weighted by Gasteiger charge is 2.17. The van der Waals surface area contributed by atoms with E-state index < -0.39 is 4.92 Å². The Hall–Kier alpha value is -2.15. The lowest BCUT2D eigenvalue weighted by Gasteiger charge is -2.11. The highest BCUT2D eigenvalue weighted by atomic mass is 16.6. The first-order valence-electron chi connectivity index (χ1n) is 5.41. The Bertz CT molecular complexity index is 460. The number of hydrogen-bond donors (Lipinski definition) is 2. The molecule has 0 aliphatic heterocycles. The van der Waals surface area contributed by atoms with Gasteiger partial charge in [0.15, 0.2) is 0 Å². The molecule has 0 heterocycles. The van der Waals surface area contributed by atoms with Gasteiger partial charge in [-0.15, -0.1) is 0 Å². The minimum atomic E-state index is -0.523. The number of nitrogens with one attached hydrogen (secondary N) is 1. The number of amides is 1. The van der Waals surface area contributed by atoms with Crippen LogP contribution in [-0.4, -0.2) is 42.9 Å². The topological polar surface area (TPSA) is 102 Å². The minimum Gasteiger partial charge on any atom is -0.378 e. The van der Waals surface area contributed by atoms with Crippen LogP contribution < -0.4 is 11.1 Å². The SMILES string of the molecule is CN(C)C(=O)c1ccc(NCCN)c([N+](=O)[O-])c1. The number of anilines is 1. The van der Waals surface area contributed by atoms with Crippen LogP contribution in [-0.2, 0) is 0 Å². The van der Waals surface area contributed by atoms with Crippen LogP contribution in [0.5, 0.6) is 0 Å². The zero-order valence-corrected chi connectivity index (χ0v) is 10.3. The molecule has 7 heteroatoms. The zero-order chi connectivity index (χ0) is 13.7. The van der Waals surface area contributed by atoms with Crippen molar-refractivity contribution in [2.45, 2.75) is 0 Å². The van der Waals surface area contributed by atoms with E-state index >= 15 is 0 Å². The van der Waals surface area contributed by atoms with Gasteiger partial charge in [-0.3, -0.25) is 14.9 Å². The molecule has 1 aromatic carbocycles. The Balaban J connectivity index is 3.11. The summed E-state index contributed by atoms with van der Waals surface area (Å²) in [5, 5.41) is 13.8. The first-order chi connectivity index (χ1) is 8.47. The molecule has 0 saturated carbocycles. The molecule has 0 aliphatic carbocycles. The van der Waals surface area contributed by atoms with Crippen LogP contribution in [0.1, 0.15) is 10.4 Å².